The van der Waals surface area contributed by atoms with Gasteiger partial charge >= 0.3 is 0 Å². The highest BCUT2D eigenvalue weighted by molar-refractivity contribution is 5.79. The maximum Gasteiger partial charge on any atom is 0.224 e. The molecule has 6 heteroatoms. The van der Waals surface area contributed by atoms with Crippen LogP contribution in [0.4, 0.5) is 4.39 Å². The number of carbonyl (C=O) groups excluding carboxylic acids is 1. The quantitative estimate of drug-likeness (QED) is 0.800. The van der Waals surface area contributed by atoms with Crippen molar-refractivity contribution in [1.29, 1.82) is 5.26 Å². The van der Waals surface area contributed by atoms with Crippen LogP contribution >= 0.6 is 0 Å². The lowest BCUT2D eigenvalue weighted by Gasteiger charge is -2.29. The van der Waals surface area contributed by atoms with Crippen LogP contribution in [0.15, 0.2) is 18.2 Å². The third-order valence-electron chi connectivity index (χ3n) is 4.37. The van der Waals surface area contributed by atoms with Crippen LogP contribution in [-0.4, -0.2) is 32.2 Å². The van der Waals surface area contributed by atoms with Crippen molar-refractivity contribution in [2.75, 3.05) is 26.3 Å². The number of benzene rings is 1. The van der Waals surface area contributed by atoms with Crippen molar-refractivity contribution in [3.8, 4) is 6.07 Å². The Bertz CT molecular complexity index is 594. The van der Waals surface area contributed by atoms with Crippen LogP contribution in [0, 0.1) is 29.0 Å². The Labute approximate surface area is 142 Å². The normalized spacial score (nSPS) is 16.4. The van der Waals surface area contributed by atoms with Crippen LogP contribution in [0.1, 0.15) is 30.9 Å². The van der Waals surface area contributed by atoms with Gasteiger partial charge in [-0.25, -0.2) is 4.39 Å². The number of halogens is 1. The van der Waals surface area contributed by atoms with Gasteiger partial charge in [-0.15, -0.1) is 0 Å². The molecule has 2 rings (SSSR count). The van der Waals surface area contributed by atoms with E-state index in [9.17, 15) is 9.18 Å². The Kier molecular flexibility index (Phi) is 7.16. The van der Waals surface area contributed by atoms with E-state index in [4.69, 9.17) is 10.00 Å². The summed E-state index contributed by atoms with van der Waals surface area (Å²) in [5, 5.41) is 14.9. The maximum absolute atomic E-state index is 13.6. The molecule has 0 aliphatic carbocycles. The summed E-state index contributed by atoms with van der Waals surface area (Å²) in [7, 11) is 0. The second-order valence-corrected chi connectivity index (χ2v) is 6.01. The van der Waals surface area contributed by atoms with Crippen molar-refractivity contribution in [2.45, 2.75) is 26.3 Å². The first-order chi connectivity index (χ1) is 11.7. The molecule has 1 aromatic rings. The molecule has 0 bridgehead atoms. The van der Waals surface area contributed by atoms with Crippen LogP contribution in [0.5, 0.6) is 0 Å². The molecule has 2 N–H and O–H groups in total. The molecule has 1 amide bonds. The Morgan fingerprint density at radius 3 is 2.83 bits per heavy atom. The first-order valence-corrected chi connectivity index (χ1v) is 8.40. The topological polar surface area (TPSA) is 74.2 Å². The second-order valence-electron chi connectivity index (χ2n) is 6.01. The zero-order chi connectivity index (χ0) is 17.4. The number of amides is 1. The Morgan fingerprint density at radius 2 is 2.21 bits per heavy atom. The summed E-state index contributed by atoms with van der Waals surface area (Å²) in [6.45, 7) is 4.91. The average molecular weight is 333 g/mol. The number of nitriles is 1. The molecule has 0 radical (unpaired) electrons. The number of hydrogen-bond acceptors (Lipinski definition) is 4. The molecule has 0 spiro atoms. The average Bonchev–Trinajstić information content (AvgIpc) is 2.60. The highest BCUT2D eigenvalue weighted by Gasteiger charge is 2.29. The van der Waals surface area contributed by atoms with Gasteiger partial charge in [0.15, 0.2) is 0 Å². The van der Waals surface area contributed by atoms with Crippen molar-refractivity contribution < 1.29 is 13.9 Å². The van der Waals surface area contributed by atoms with Gasteiger partial charge in [0.1, 0.15) is 11.9 Å². The van der Waals surface area contributed by atoms with Crippen molar-refractivity contribution in [2.24, 2.45) is 11.8 Å². The predicted molar refractivity (Wildman–Crippen MR) is 88.5 cm³/mol. The van der Waals surface area contributed by atoms with E-state index in [0.29, 0.717) is 38.8 Å². The van der Waals surface area contributed by atoms with Gasteiger partial charge in [-0.3, -0.25) is 4.79 Å². The van der Waals surface area contributed by atoms with Crippen molar-refractivity contribution in [1.82, 2.24) is 10.6 Å². The number of rotatable bonds is 7. The minimum atomic E-state index is -0.512. The Hall–Kier alpha value is -1.97. The number of ether oxygens (including phenoxy) is 1. The number of nitrogens with one attached hydrogen (secondary N) is 2. The van der Waals surface area contributed by atoms with Gasteiger partial charge in [-0.2, -0.15) is 5.26 Å². The standard InChI is InChI=1S/C18H24FN3O2/c1-2-22-18(23)16(14-5-7-24-8-6-14)12-21-11-13-3-4-15(10-20)17(19)9-13/h3-4,9,14,16,21H,2,5-8,11-12H2,1H3,(H,22,23). The molecule has 0 saturated carbocycles. The van der Waals surface area contributed by atoms with Crippen molar-refractivity contribution in [3.05, 3.63) is 35.1 Å². The molecule has 1 heterocycles. The summed E-state index contributed by atoms with van der Waals surface area (Å²) in [6.07, 6.45) is 1.77. The molecule has 24 heavy (non-hydrogen) atoms. The van der Waals surface area contributed by atoms with Gasteiger partial charge in [-0.05, 0) is 43.4 Å². The van der Waals surface area contributed by atoms with Gasteiger partial charge in [0.25, 0.3) is 0 Å². The van der Waals surface area contributed by atoms with Gasteiger partial charge in [0, 0.05) is 32.8 Å². The van der Waals surface area contributed by atoms with E-state index in [-0.39, 0.29) is 17.4 Å². The summed E-state index contributed by atoms with van der Waals surface area (Å²) >= 11 is 0. The van der Waals surface area contributed by atoms with E-state index in [1.807, 2.05) is 13.0 Å². The molecule has 0 aromatic heterocycles. The molecule has 5 nitrogen and oxygen atoms in total. The fraction of sp³-hybridized carbons (Fsp3) is 0.556. The predicted octanol–water partition coefficient (Wildman–Crippen LogP) is 1.97. The van der Waals surface area contributed by atoms with Gasteiger partial charge in [0.2, 0.25) is 5.91 Å². The zero-order valence-electron chi connectivity index (χ0n) is 14.0. The second kappa shape index (κ2) is 9.36. The highest BCUT2D eigenvalue weighted by Crippen LogP contribution is 2.24. The van der Waals surface area contributed by atoms with E-state index in [1.54, 1.807) is 6.07 Å². The molecule has 1 atom stereocenters. The molecule has 130 valence electrons. The lowest BCUT2D eigenvalue weighted by atomic mass is 9.85. The summed E-state index contributed by atoms with van der Waals surface area (Å²) in [5.74, 6) is -0.267. The number of nitrogens with zero attached hydrogens (tertiary/aromatic N) is 1. The SMILES string of the molecule is CCNC(=O)C(CNCc1ccc(C#N)c(F)c1)C1CCOCC1. The van der Waals surface area contributed by atoms with Crippen LogP contribution in [-0.2, 0) is 16.1 Å². The smallest absolute Gasteiger partial charge is 0.224 e. The van der Waals surface area contributed by atoms with E-state index in [2.05, 4.69) is 10.6 Å². The van der Waals surface area contributed by atoms with E-state index in [0.717, 1.165) is 18.4 Å². The molecule has 1 aromatic carbocycles. The first-order valence-electron chi connectivity index (χ1n) is 8.40. The summed E-state index contributed by atoms with van der Waals surface area (Å²) in [4.78, 5) is 12.3. The molecule has 1 aliphatic rings. The highest BCUT2D eigenvalue weighted by atomic mass is 19.1. The third kappa shape index (κ3) is 5.02. The van der Waals surface area contributed by atoms with Crippen LogP contribution < -0.4 is 10.6 Å². The van der Waals surface area contributed by atoms with Crippen molar-refractivity contribution in [3.63, 3.8) is 0 Å². The van der Waals surface area contributed by atoms with Crippen LogP contribution in [0.25, 0.3) is 0 Å². The Balaban J connectivity index is 1.93. The van der Waals surface area contributed by atoms with Gasteiger partial charge < -0.3 is 15.4 Å². The summed E-state index contributed by atoms with van der Waals surface area (Å²) in [6, 6.07) is 6.38. The number of carbonyl (C=O) groups is 1. The van der Waals surface area contributed by atoms with Crippen molar-refractivity contribution >= 4 is 5.91 Å². The summed E-state index contributed by atoms with van der Waals surface area (Å²) < 4.78 is 19.0. The molecule has 1 aliphatic heterocycles. The minimum Gasteiger partial charge on any atom is -0.381 e. The van der Waals surface area contributed by atoms with Gasteiger partial charge in [-0.1, -0.05) is 6.07 Å². The fourth-order valence-corrected chi connectivity index (χ4v) is 3.03. The molecular formula is C18H24FN3O2. The summed E-state index contributed by atoms with van der Waals surface area (Å²) in [5.41, 5.74) is 0.800. The molecule has 1 saturated heterocycles. The van der Waals surface area contributed by atoms with Crippen LogP contribution in [0.2, 0.25) is 0 Å². The van der Waals surface area contributed by atoms with Gasteiger partial charge in [0.05, 0.1) is 11.5 Å². The third-order valence-corrected chi connectivity index (χ3v) is 4.37. The maximum atomic E-state index is 13.6. The van der Waals surface area contributed by atoms with E-state index in [1.165, 1.54) is 12.1 Å². The van der Waals surface area contributed by atoms with E-state index < -0.39 is 5.82 Å². The lowest BCUT2D eigenvalue weighted by Crippen LogP contribution is -2.42. The van der Waals surface area contributed by atoms with E-state index >= 15 is 0 Å². The Morgan fingerprint density at radius 1 is 1.46 bits per heavy atom. The monoisotopic (exact) mass is 333 g/mol. The minimum absolute atomic E-state index is 0.0427. The fourth-order valence-electron chi connectivity index (χ4n) is 3.03. The van der Waals surface area contributed by atoms with Crippen LogP contribution in [0.3, 0.4) is 0 Å². The molecular weight excluding hydrogens is 309 g/mol. The lowest BCUT2D eigenvalue weighted by molar-refractivity contribution is -0.127. The molecule has 1 unspecified atom stereocenters. The number of hydrogen-bond donors (Lipinski definition) is 2. The first kappa shape index (κ1) is 18.4. The largest absolute Gasteiger partial charge is 0.381 e. The zero-order valence-corrected chi connectivity index (χ0v) is 14.0. The molecule has 1 fully saturated rings.